The first-order valence-electron chi connectivity index (χ1n) is 9.89. The molecule has 7 nitrogen and oxygen atoms in total. The molecule has 0 saturated heterocycles. The first-order chi connectivity index (χ1) is 15.6. The van der Waals surface area contributed by atoms with Crippen molar-refractivity contribution in [1.82, 2.24) is 19.9 Å². The number of pyridine rings is 1. The summed E-state index contributed by atoms with van der Waals surface area (Å²) >= 11 is 11.0. The van der Waals surface area contributed by atoms with Crippen molar-refractivity contribution < 1.29 is 9.53 Å². The molecule has 0 aliphatic heterocycles. The second-order valence-corrected chi connectivity index (χ2v) is 9.35. The number of carbonyl (C=O) groups is 1. The number of thiazole rings is 1. The standard InChI is InChI=1S/C22H17BrClN5O2S/c1-31-18-5-4-12(24)6-15(18)14-7-13(8-23)25-9-16(14)20(30)29-22-28-19-21(32-22)27-17(10-26-19)11-2-3-11/h4-7,9-11H,2-3,8H2,1H3,(H,26,28,29,30). The van der Waals surface area contributed by atoms with Gasteiger partial charge in [-0.2, -0.15) is 4.98 Å². The van der Waals surface area contributed by atoms with E-state index in [0.29, 0.717) is 54.3 Å². The minimum atomic E-state index is -0.336. The zero-order chi connectivity index (χ0) is 22.2. The van der Waals surface area contributed by atoms with Crippen LogP contribution in [-0.4, -0.2) is 33.0 Å². The van der Waals surface area contributed by atoms with Gasteiger partial charge in [0.2, 0.25) is 0 Å². The Morgan fingerprint density at radius 3 is 2.81 bits per heavy atom. The Morgan fingerprint density at radius 1 is 1.22 bits per heavy atom. The highest BCUT2D eigenvalue weighted by Crippen LogP contribution is 2.40. The zero-order valence-corrected chi connectivity index (χ0v) is 20.1. The summed E-state index contributed by atoms with van der Waals surface area (Å²) in [6.07, 6.45) is 5.62. The number of alkyl halides is 1. The van der Waals surface area contributed by atoms with Gasteiger partial charge in [0.05, 0.1) is 30.3 Å². The van der Waals surface area contributed by atoms with Gasteiger partial charge in [-0.25, -0.2) is 9.97 Å². The highest BCUT2D eigenvalue weighted by atomic mass is 79.9. The van der Waals surface area contributed by atoms with Crippen molar-refractivity contribution in [1.29, 1.82) is 0 Å². The monoisotopic (exact) mass is 529 g/mol. The van der Waals surface area contributed by atoms with Gasteiger partial charge in [0, 0.05) is 33.6 Å². The molecular weight excluding hydrogens is 514 g/mol. The number of hydrogen-bond acceptors (Lipinski definition) is 7. The summed E-state index contributed by atoms with van der Waals surface area (Å²) in [4.78, 5) is 31.8. The molecule has 0 unspecified atom stereocenters. The number of ether oxygens (including phenoxy) is 1. The number of aromatic nitrogens is 4. The van der Waals surface area contributed by atoms with Crippen molar-refractivity contribution >= 4 is 60.4 Å². The van der Waals surface area contributed by atoms with Crippen molar-refractivity contribution in [3.8, 4) is 16.9 Å². The van der Waals surface area contributed by atoms with Crippen LogP contribution in [0, 0.1) is 0 Å². The lowest BCUT2D eigenvalue weighted by Gasteiger charge is -2.14. The molecule has 32 heavy (non-hydrogen) atoms. The van der Waals surface area contributed by atoms with Gasteiger partial charge in [0.15, 0.2) is 15.6 Å². The molecule has 0 spiro atoms. The molecule has 1 saturated carbocycles. The number of halogens is 2. The van der Waals surface area contributed by atoms with Crippen molar-refractivity contribution in [3.63, 3.8) is 0 Å². The minimum absolute atomic E-state index is 0.336. The molecule has 10 heteroatoms. The first kappa shape index (κ1) is 21.2. The third-order valence-electron chi connectivity index (χ3n) is 5.15. The first-order valence-corrected chi connectivity index (χ1v) is 12.2. The van der Waals surface area contributed by atoms with Crippen molar-refractivity contribution in [3.05, 3.63) is 58.6 Å². The number of carbonyl (C=O) groups excluding carboxylic acids is 1. The summed E-state index contributed by atoms with van der Waals surface area (Å²) < 4.78 is 5.51. The van der Waals surface area contributed by atoms with Crippen molar-refractivity contribution in [2.45, 2.75) is 24.1 Å². The Morgan fingerprint density at radius 2 is 2.06 bits per heavy atom. The number of amides is 1. The average Bonchev–Trinajstić information content (AvgIpc) is 3.58. The van der Waals surface area contributed by atoms with Gasteiger partial charge in [-0.05, 0) is 37.1 Å². The SMILES string of the molecule is COc1ccc(Cl)cc1-c1cc(CBr)ncc1C(=O)Nc1nc2ncc(C3CC3)nc2s1. The Labute approximate surface area is 201 Å². The van der Waals surface area contributed by atoms with Crippen LogP contribution in [0.5, 0.6) is 5.75 Å². The molecule has 1 amide bonds. The van der Waals surface area contributed by atoms with Gasteiger partial charge >= 0.3 is 0 Å². The summed E-state index contributed by atoms with van der Waals surface area (Å²) in [5, 5.41) is 4.40. The highest BCUT2D eigenvalue weighted by molar-refractivity contribution is 9.08. The number of nitrogens with one attached hydrogen (secondary N) is 1. The van der Waals surface area contributed by atoms with Crippen LogP contribution in [0.2, 0.25) is 5.02 Å². The molecule has 1 fully saturated rings. The lowest BCUT2D eigenvalue weighted by Crippen LogP contribution is -2.14. The van der Waals surface area contributed by atoms with Gasteiger partial charge in [0.25, 0.3) is 5.91 Å². The number of hydrogen-bond donors (Lipinski definition) is 1. The van der Waals surface area contributed by atoms with Gasteiger partial charge in [-0.1, -0.05) is 38.9 Å². The largest absolute Gasteiger partial charge is 0.496 e. The van der Waals surface area contributed by atoms with Gasteiger partial charge < -0.3 is 4.74 Å². The smallest absolute Gasteiger partial charge is 0.259 e. The number of anilines is 1. The number of rotatable bonds is 6. The molecular formula is C22H17BrClN5O2S. The second kappa shape index (κ2) is 8.73. The molecule has 0 radical (unpaired) electrons. The molecule has 1 aromatic carbocycles. The van der Waals surface area contributed by atoms with E-state index in [1.807, 2.05) is 6.07 Å². The van der Waals surface area contributed by atoms with E-state index in [4.69, 9.17) is 16.3 Å². The van der Waals surface area contributed by atoms with Crippen LogP contribution in [0.15, 0.2) is 36.7 Å². The van der Waals surface area contributed by atoms with Crippen LogP contribution in [0.4, 0.5) is 5.13 Å². The Balaban J connectivity index is 1.51. The quantitative estimate of drug-likeness (QED) is 0.315. The fraction of sp³-hybridized carbons (Fsp3) is 0.227. The molecule has 3 heterocycles. The van der Waals surface area contributed by atoms with E-state index in [2.05, 4.69) is 41.2 Å². The van der Waals surface area contributed by atoms with Crippen LogP contribution in [0.3, 0.4) is 0 Å². The Bertz CT molecular complexity index is 1340. The summed E-state index contributed by atoms with van der Waals surface area (Å²) in [5.74, 6) is 0.773. The maximum Gasteiger partial charge on any atom is 0.259 e. The molecule has 0 bridgehead atoms. The number of nitrogens with zero attached hydrogens (tertiary/aromatic N) is 4. The van der Waals surface area contributed by atoms with Gasteiger partial charge in [0.1, 0.15) is 5.75 Å². The lowest BCUT2D eigenvalue weighted by molar-refractivity contribution is 0.102. The van der Waals surface area contributed by atoms with Gasteiger partial charge in [-0.15, -0.1) is 0 Å². The van der Waals surface area contributed by atoms with Crippen molar-refractivity contribution in [2.75, 3.05) is 12.4 Å². The van der Waals surface area contributed by atoms with Gasteiger partial charge in [-0.3, -0.25) is 15.1 Å². The third kappa shape index (κ3) is 4.20. The lowest BCUT2D eigenvalue weighted by atomic mass is 9.99. The summed E-state index contributed by atoms with van der Waals surface area (Å²) in [7, 11) is 1.58. The molecule has 1 aliphatic carbocycles. The Hall–Kier alpha value is -2.62. The molecule has 0 atom stereocenters. The summed E-state index contributed by atoms with van der Waals surface area (Å²) in [6, 6.07) is 7.14. The predicted octanol–water partition coefficient (Wildman–Crippen LogP) is 5.83. The maximum atomic E-state index is 13.2. The van der Waals surface area contributed by atoms with E-state index in [1.54, 1.807) is 37.7 Å². The van der Waals surface area contributed by atoms with Crippen LogP contribution in [-0.2, 0) is 5.33 Å². The molecule has 3 aromatic heterocycles. The van der Waals surface area contributed by atoms with Crippen LogP contribution >= 0.6 is 38.9 Å². The van der Waals surface area contributed by atoms with E-state index in [9.17, 15) is 4.79 Å². The fourth-order valence-corrected chi connectivity index (χ4v) is 4.67. The normalized spacial score (nSPS) is 13.3. The molecule has 5 rings (SSSR count). The number of methoxy groups -OCH3 is 1. The van der Waals surface area contributed by atoms with Crippen LogP contribution in [0.25, 0.3) is 21.6 Å². The van der Waals surface area contributed by atoms with E-state index < -0.39 is 0 Å². The predicted molar refractivity (Wildman–Crippen MR) is 129 cm³/mol. The van der Waals surface area contributed by atoms with Crippen molar-refractivity contribution in [2.24, 2.45) is 0 Å². The van der Waals surface area contributed by atoms with E-state index >= 15 is 0 Å². The molecule has 1 N–H and O–H groups in total. The van der Waals surface area contributed by atoms with E-state index in [-0.39, 0.29) is 5.91 Å². The van der Waals surface area contributed by atoms with Crippen LogP contribution < -0.4 is 10.1 Å². The fourth-order valence-electron chi connectivity index (χ4n) is 3.39. The number of benzene rings is 1. The third-order valence-corrected chi connectivity index (χ3v) is 6.82. The average molecular weight is 531 g/mol. The van der Waals surface area contributed by atoms with Crippen LogP contribution in [0.1, 0.15) is 40.5 Å². The highest BCUT2D eigenvalue weighted by Gasteiger charge is 2.26. The Kier molecular flexibility index (Phi) is 5.79. The topological polar surface area (TPSA) is 89.9 Å². The second-order valence-electron chi connectivity index (χ2n) is 7.37. The molecule has 1 aliphatic rings. The number of fused-ring (bicyclic) bond motifs is 1. The molecule has 162 valence electrons. The van der Waals surface area contributed by atoms with E-state index in [1.165, 1.54) is 11.3 Å². The molecule has 4 aromatic rings. The zero-order valence-electron chi connectivity index (χ0n) is 16.9. The summed E-state index contributed by atoms with van der Waals surface area (Å²) in [6.45, 7) is 0. The maximum absolute atomic E-state index is 13.2. The van der Waals surface area contributed by atoms with E-state index in [0.717, 1.165) is 24.2 Å². The summed E-state index contributed by atoms with van der Waals surface area (Å²) in [5.41, 5.74) is 4.05. The minimum Gasteiger partial charge on any atom is -0.496 e.